The molecule has 0 bridgehead atoms. The molecule has 0 saturated carbocycles. The first kappa shape index (κ1) is 14.2. The Bertz CT molecular complexity index is 780. The van der Waals surface area contributed by atoms with Crippen LogP contribution < -0.4 is 9.47 Å². The quantitative estimate of drug-likeness (QED) is 0.830. The Morgan fingerprint density at radius 1 is 0.826 bits per heavy atom. The number of hydrogen-bond donors (Lipinski definition) is 0. The lowest BCUT2D eigenvalue weighted by Crippen LogP contribution is -2.36. The normalized spacial score (nSPS) is 18.3. The zero-order chi connectivity index (χ0) is 16.2. The summed E-state index contributed by atoms with van der Waals surface area (Å²) in [6, 6.07) is 7.44. The largest absolute Gasteiger partial charge is 0.448 e. The molecule has 1 aliphatic heterocycles. The first-order valence-electron chi connectivity index (χ1n) is 8.11. The molecule has 4 nitrogen and oxygen atoms in total. The van der Waals surface area contributed by atoms with Gasteiger partial charge in [-0.05, 0) is 35.0 Å². The molecule has 0 fully saturated rings. The van der Waals surface area contributed by atoms with Crippen LogP contribution in [0.3, 0.4) is 0 Å². The van der Waals surface area contributed by atoms with Gasteiger partial charge >= 0.3 is 0 Å². The molecular weight excluding hydrogens is 292 g/mol. The fourth-order valence-electron chi connectivity index (χ4n) is 3.39. The Labute approximate surface area is 134 Å². The van der Waals surface area contributed by atoms with Crippen LogP contribution in [0.25, 0.3) is 10.8 Å². The summed E-state index contributed by atoms with van der Waals surface area (Å²) in [6.45, 7) is 4.07. The van der Waals surface area contributed by atoms with E-state index in [0.29, 0.717) is 35.5 Å². The highest BCUT2D eigenvalue weighted by atomic mass is 16.7. The molecule has 4 rings (SSSR count). The van der Waals surface area contributed by atoms with Crippen LogP contribution in [0, 0.1) is 0 Å². The maximum atomic E-state index is 12.1. The van der Waals surface area contributed by atoms with E-state index < -0.39 is 5.79 Å². The number of rotatable bonds is 2. The van der Waals surface area contributed by atoms with Crippen LogP contribution in [0.1, 0.15) is 60.2 Å². The second-order valence-electron chi connectivity index (χ2n) is 6.21. The van der Waals surface area contributed by atoms with Crippen molar-refractivity contribution in [2.45, 2.75) is 45.3 Å². The molecule has 118 valence electrons. The number of Topliss-reactive ketones (excluding diaryl/α,β-unsaturated/α-hetero) is 2. The third-order valence-electron chi connectivity index (χ3n) is 4.89. The maximum absolute atomic E-state index is 12.1. The Morgan fingerprint density at radius 3 is 1.65 bits per heavy atom. The Morgan fingerprint density at radius 2 is 1.26 bits per heavy atom. The summed E-state index contributed by atoms with van der Waals surface area (Å²) in [4.78, 5) is 24.2. The molecular formula is C19H18O4. The highest BCUT2D eigenvalue weighted by Crippen LogP contribution is 2.45. The fourth-order valence-corrected chi connectivity index (χ4v) is 3.39. The van der Waals surface area contributed by atoms with Crippen LogP contribution in [-0.4, -0.2) is 17.4 Å². The van der Waals surface area contributed by atoms with Crippen LogP contribution >= 0.6 is 0 Å². The molecule has 2 aromatic carbocycles. The van der Waals surface area contributed by atoms with Gasteiger partial charge in [0.05, 0.1) is 0 Å². The summed E-state index contributed by atoms with van der Waals surface area (Å²) in [5.74, 6) is 0.878. The predicted molar refractivity (Wildman–Crippen MR) is 86.4 cm³/mol. The average molecular weight is 310 g/mol. The van der Waals surface area contributed by atoms with Gasteiger partial charge < -0.3 is 9.47 Å². The van der Waals surface area contributed by atoms with E-state index in [4.69, 9.17) is 9.47 Å². The van der Waals surface area contributed by atoms with Crippen molar-refractivity contribution >= 4 is 22.3 Å². The average Bonchev–Trinajstić information content (AvgIpc) is 2.93. The fraction of sp³-hybridized carbons (Fsp3) is 0.368. The summed E-state index contributed by atoms with van der Waals surface area (Å²) in [7, 11) is 0. The van der Waals surface area contributed by atoms with Gasteiger partial charge in [0.15, 0.2) is 23.1 Å². The van der Waals surface area contributed by atoms with E-state index in [1.54, 1.807) is 0 Å². The van der Waals surface area contributed by atoms with E-state index >= 15 is 0 Å². The number of carbonyl (C=O) groups excluding carboxylic acids is 2. The summed E-state index contributed by atoms with van der Waals surface area (Å²) >= 11 is 0. The Kier molecular flexibility index (Phi) is 2.98. The molecule has 1 heterocycles. The molecule has 23 heavy (non-hydrogen) atoms. The molecule has 0 N–H and O–H groups in total. The lowest BCUT2D eigenvalue weighted by molar-refractivity contribution is -0.0842. The van der Waals surface area contributed by atoms with Crippen LogP contribution in [0.2, 0.25) is 0 Å². The SMILES string of the molecule is CCC1(CC)Oc2cc3cc4c(cc3cc2O1)C(=O)CCC4=O. The van der Waals surface area contributed by atoms with E-state index in [1.807, 2.05) is 38.1 Å². The van der Waals surface area contributed by atoms with Crippen LogP contribution in [0.15, 0.2) is 24.3 Å². The number of ketones is 2. The van der Waals surface area contributed by atoms with Crippen LogP contribution in [-0.2, 0) is 0 Å². The monoisotopic (exact) mass is 310 g/mol. The molecule has 0 aromatic heterocycles. The zero-order valence-electron chi connectivity index (χ0n) is 13.3. The first-order valence-corrected chi connectivity index (χ1v) is 8.11. The van der Waals surface area contributed by atoms with Gasteiger partial charge in [-0.25, -0.2) is 0 Å². The summed E-state index contributed by atoms with van der Waals surface area (Å²) in [5.41, 5.74) is 1.06. The van der Waals surface area contributed by atoms with Gasteiger partial charge in [0.2, 0.25) is 0 Å². The molecule has 0 saturated heterocycles. The van der Waals surface area contributed by atoms with E-state index in [0.717, 1.165) is 23.6 Å². The van der Waals surface area contributed by atoms with Crippen molar-refractivity contribution in [3.8, 4) is 11.5 Å². The highest BCUT2D eigenvalue weighted by Gasteiger charge is 2.38. The molecule has 0 spiro atoms. The lowest BCUT2D eigenvalue weighted by atomic mass is 9.87. The van der Waals surface area contributed by atoms with Crippen LogP contribution in [0.5, 0.6) is 11.5 Å². The minimum atomic E-state index is -0.606. The van der Waals surface area contributed by atoms with Crippen molar-refractivity contribution in [2.24, 2.45) is 0 Å². The van der Waals surface area contributed by atoms with Gasteiger partial charge in [0, 0.05) is 36.8 Å². The standard InChI is InChI=1S/C19H18O4/c1-3-19(4-2)22-17-9-11-7-13-14(16(21)6-5-15(13)20)8-12(11)10-18(17)23-19/h7-10H,3-6H2,1-2H3. The minimum Gasteiger partial charge on any atom is -0.448 e. The van der Waals surface area contributed by atoms with Crippen molar-refractivity contribution in [3.05, 3.63) is 35.4 Å². The summed E-state index contributed by atoms with van der Waals surface area (Å²) < 4.78 is 12.0. The van der Waals surface area contributed by atoms with E-state index in [2.05, 4.69) is 0 Å². The topological polar surface area (TPSA) is 52.6 Å². The maximum Gasteiger partial charge on any atom is 0.251 e. The van der Waals surface area contributed by atoms with Gasteiger partial charge in [0.1, 0.15) is 0 Å². The van der Waals surface area contributed by atoms with Crippen molar-refractivity contribution in [1.82, 2.24) is 0 Å². The van der Waals surface area contributed by atoms with E-state index in [1.165, 1.54) is 0 Å². The third-order valence-corrected chi connectivity index (χ3v) is 4.89. The van der Waals surface area contributed by atoms with Crippen molar-refractivity contribution < 1.29 is 19.1 Å². The van der Waals surface area contributed by atoms with Gasteiger partial charge in [0.25, 0.3) is 5.79 Å². The summed E-state index contributed by atoms with van der Waals surface area (Å²) in [5, 5.41) is 1.80. The van der Waals surface area contributed by atoms with Gasteiger partial charge in [-0.3, -0.25) is 9.59 Å². The van der Waals surface area contributed by atoms with Gasteiger partial charge in [-0.2, -0.15) is 0 Å². The number of hydrogen-bond acceptors (Lipinski definition) is 4. The number of fused-ring (bicyclic) bond motifs is 3. The van der Waals surface area contributed by atoms with Gasteiger partial charge in [-0.15, -0.1) is 0 Å². The van der Waals surface area contributed by atoms with E-state index in [9.17, 15) is 9.59 Å². The number of carbonyl (C=O) groups is 2. The lowest BCUT2D eigenvalue weighted by Gasteiger charge is -2.24. The van der Waals surface area contributed by atoms with Crippen molar-refractivity contribution in [1.29, 1.82) is 0 Å². The molecule has 2 aliphatic rings. The zero-order valence-corrected chi connectivity index (χ0v) is 13.3. The van der Waals surface area contributed by atoms with E-state index in [-0.39, 0.29) is 11.6 Å². The molecule has 0 unspecified atom stereocenters. The Balaban J connectivity index is 1.88. The molecule has 0 amide bonds. The van der Waals surface area contributed by atoms with Crippen LogP contribution in [0.4, 0.5) is 0 Å². The number of ether oxygens (including phenoxy) is 2. The van der Waals surface area contributed by atoms with Crippen molar-refractivity contribution in [2.75, 3.05) is 0 Å². The van der Waals surface area contributed by atoms with Gasteiger partial charge in [-0.1, -0.05) is 13.8 Å². The summed E-state index contributed by atoms with van der Waals surface area (Å²) in [6.07, 6.45) is 2.11. The third kappa shape index (κ3) is 2.05. The highest BCUT2D eigenvalue weighted by molar-refractivity contribution is 6.16. The second-order valence-corrected chi connectivity index (χ2v) is 6.21. The minimum absolute atomic E-state index is 0.0376. The van der Waals surface area contributed by atoms with Crippen molar-refractivity contribution in [3.63, 3.8) is 0 Å². The second kappa shape index (κ2) is 4.82. The molecule has 1 aliphatic carbocycles. The molecule has 0 radical (unpaired) electrons. The first-order chi connectivity index (χ1) is 11.0. The smallest absolute Gasteiger partial charge is 0.251 e. The molecule has 2 aromatic rings. The Hall–Kier alpha value is -2.36. The molecule has 4 heteroatoms. The predicted octanol–water partition coefficient (Wildman–Crippen LogP) is 4.29. The number of benzene rings is 2. The molecule has 0 atom stereocenters.